The Morgan fingerprint density at radius 3 is 2.37 bits per heavy atom. The average molecular weight is 410 g/mol. The molecule has 1 aliphatic carbocycles. The predicted octanol–water partition coefficient (Wildman–Crippen LogP) is 3.08. The minimum absolute atomic E-state index is 0.0468. The van der Waals surface area contributed by atoms with Gasteiger partial charge in [-0.15, -0.1) is 0 Å². The summed E-state index contributed by atoms with van der Waals surface area (Å²) in [4.78, 5) is 41.2. The van der Waals surface area contributed by atoms with E-state index in [0.717, 1.165) is 25.7 Å². The van der Waals surface area contributed by atoms with E-state index in [1.165, 1.54) is 4.90 Å². The number of aromatic hydroxyl groups is 1. The van der Waals surface area contributed by atoms with Crippen molar-refractivity contribution in [3.8, 4) is 5.75 Å². The van der Waals surface area contributed by atoms with Gasteiger partial charge < -0.3 is 14.4 Å². The minimum Gasteiger partial charge on any atom is -0.508 e. The van der Waals surface area contributed by atoms with Crippen LogP contribution in [0, 0.1) is 11.8 Å². The molecule has 2 unspecified atom stereocenters. The second-order valence-electron chi connectivity index (χ2n) is 8.03. The van der Waals surface area contributed by atoms with E-state index in [1.54, 1.807) is 47.6 Å². The Kier molecular flexibility index (Phi) is 5.88. The van der Waals surface area contributed by atoms with Crippen molar-refractivity contribution >= 4 is 17.7 Å². The molecule has 0 bridgehead atoms. The largest absolute Gasteiger partial charge is 0.508 e. The maximum atomic E-state index is 13.0. The highest BCUT2D eigenvalue weighted by atomic mass is 16.3. The molecular weight excluding hydrogens is 384 g/mol. The first-order valence-corrected chi connectivity index (χ1v) is 10.5. The van der Waals surface area contributed by atoms with Crippen LogP contribution >= 0.6 is 0 Å². The van der Waals surface area contributed by atoms with Crippen LogP contribution in [0.25, 0.3) is 0 Å². The van der Waals surface area contributed by atoms with Gasteiger partial charge in [-0.05, 0) is 31.0 Å². The highest BCUT2D eigenvalue weighted by Gasteiger charge is 2.47. The standard InChI is InChI=1S/C23H26N2O5/c26-20-10-4-1-6-16(20)14-24(15-17-7-5-13-30-17)21(27)11-12-25-22(28)18-8-2-3-9-19(18)23(25)29/h1,4-7,10,13,18-19,26H,2-3,8-9,11-12,14-15H2. The molecule has 2 aromatic rings. The number of para-hydroxylation sites is 1. The van der Waals surface area contributed by atoms with Crippen molar-refractivity contribution in [1.82, 2.24) is 9.80 Å². The molecule has 0 radical (unpaired) electrons. The zero-order valence-corrected chi connectivity index (χ0v) is 16.8. The van der Waals surface area contributed by atoms with E-state index in [2.05, 4.69) is 0 Å². The SMILES string of the molecule is O=C(CCN1C(=O)C2CCCCC2C1=O)N(Cc1ccco1)Cc1ccccc1O. The number of imide groups is 1. The lowest BCUT2D eigenvalue weighted by molar-refractivity contribution is -0.141. The van der Waals surface area contributed by atoms with Crippen molar-refractivity contribution in [2.24, 2.45) is 11.8 Å². The summed E-state index contributed by atoms with van der Waals surface area (Å²) in [6.45, 7) is 0.547. The van der Waals surface area contributed by atoms with Gasteiger partial charge in [0, 0.05) is 25.1 Å². The van der Waals surface area contributed by atoms with E-state index in [4.69, 9.17) is 4.42 Å². The zero-order chi connectivity index (χ0) is 21.1. The molecule has 2 fully saturated rings. The van der Waals surface area contributed by atoms with Crippen LogP contribution in [0.3, 0.4) is 0 Å². The summed E-state index contributed by atoms with van der Waals surface area (Å²) in [5, 5.41) is 10.1. The Hall–Kier alpha value is -3.09. The molecule has 1 aromatic carbocycles. The lowest BCUT2D eigenvalue weighted by Gasteiger charge is -2.23. The molecule has 2 aliphatic rings. The van der Waals surface area contributed by atoms with Crippen LogP contribution in [0.1, 0.15) is 43.4 Å². The number of carbonyl (C=O) groups is 3. The normalized spacial score (nSPS) is 21.0. The van der Waals surface area contributed by atoms with Gasteiger partial charge in [0.2, 0.25) is 17.7 Å². The first-order valence-electron chi connectivity index (χ1n) is 10.5. The van der Waals surface area contributed by atoms with Gasteiger partial charge >= 0.3 is 0 Å². The smallest absolute Gasteiger partial charge is 0.233 e. The van der Waals surface area contributed by atoms with Crippen LogP contribution in [0.2, 0.25) is 0 Å². The van der Waals surface area contributed by atoms with Crippen LogP contribution in [-0.2, 0) is 27.5 Å². The summed E-state index contributed by atoms with van der Waals surface area (Å²) in [5.74, 6) is -0.137. The van der Waals surface area contributed by atoms with Gasteiger partial charge in [-0.25, -0.2) is 0 Å². The van der Waals surface area contributed by atoms with Crippen LogP contribution in [0.5, 0.6) is 5.75 Å². The summed E-state index contributed by atoms with van der Waals surface area (Å²) in [6.07, 6.45) is 5.07. The van der Waals surface area contributed by atoms with Crippen LogP contribution in [0.4, 0.5) is 0 Å². The zero-order valence-electron chi connectivity index (χ0n) is 16.8. The quantitative estimate of drug-likeness (QED) is 0.709. The fourth-order valence-electron chi connectivity index (χ4n) is 4.49. The van der Waals surface area contributed by atoms with Crippen LogP contribution in [0.15, 0.2) is 47.1 Å². The van der Waals surface area contributed by atoms with E-state index >= 15 is 0 Å². The Labute approximate surface area is 175 Å². The molecule has 3 amide bonds. The number of nitrogens with zero attached hydrogens (tertiary/aromatic N) is 2. The molecule has 4 rings (SSSR count). The van der Waals surface area contributed by atoms with E-state index < -0.39 is 0 Å². The van der Waals surface area contributed by atoms with Gasteiger partial charge in [-0.2, -0.15) is 0 Å². The van der Waals surface area contributed by atoms with Gasteiger partial charge in [0.05, 0.1) is 24.6 Å². The van der Waals surface area contributed by atoms with E-state index in [0.29, 0.717) is 11.3 Å². The lowest BCUT2D eigenvalue weighted by atomic mass is 9.81. The second-order valence-corrected chi connectivity index (χ2v) is 8.03. The molecule has 1 saturated heterocycles. The van der Waals surface area contributed by atoms with Gasteiger partial charge in [0.15, 0.2) is 0 Å². The topological polar surface area (TPSA) is 91.1 Å². The van der Waals surface area contributed by atoms with Gasteiger partial charge in [0.1, 0.15) is 11.5 Å². The van der Waals surface area contributed by atoms with Crippen LogP contribution < -0.4 is 0 Å². The Balaban J connectivity index is 1.44. The Morgan fingerprint density at radius 1 is 1.03 bits per heavy atom. The van der Waals surface area contributed by atoms with Crippen molar-refractivity contribution in [3.05, 3.63) is 54.0 Å². The van der Waals surface area contributed by atoms with Crippen molar-refractivity contribution < 1.29 is 23.9 Å². The van der Waals surface area contributed by atoms with E-state index in [1.807, 2.05) is 0 Å². The number of likely N-dealkylation sites (tertiary alicyclic amines) is 1. The number of phenolic OH excluding ortho intramolecular Hbond substituents is 1. The molecule has 7 heteroatoms. The van der Waals surface area contributed by atoms with Gasteiger partial charge in [-0.3, -0.25) is 19.3 Å². The van der Waals surface area contributed by atoms with Crippen molar-refractivity contribution in [3.63, 3.8) is 0 Å². The number of benzene rings is 1. The van der Waals surface area contributed by atoms with Crippen molar-refractivity contribution in [1.29, 1.82) is 0 Å². The highest BCUT2D eigenvalue weighted by Crippen LogP contribution is 2.38. The molecule has 1 saturated carbocycles. The number of hydrogen-bond donors (Lipinski definition) is 1. The first kappa shape index (κ1) is 20.2. The summed E-state index contributed by atoms with van der Waals surface area (Å²) in [5.41, 5.74) is 0.622. The maximum absolute atomic E-state index is 13.0. The molecule has 1 aliphatic heterocycles. The van der Waals surface area contributed by atoms with Crippen molar-refractivity contribution in [2.45, 2.75) is 45.2 Å². The Bertz CT molecular complexity index is 899. The number of amides is 3. The van der Waals surface area contributed by atoms with E-state index in [9.17, 15) is 19.5 Å². The molecule has 30 heavy (non-hydrogen) atoms. The maximum Gasteiger partial charge on any atom is 0.233 e. The highest BCUT2D eigenvalue weighted by molar-refractivity contribution is 6.05. The molecule has 1 N–H and O–H groups in total. The summed E-state index contributed by atoms with van der Waals surface area (Å²) < 4.78 is 5.38. The molecule has 158 valence electrons. The lowest BCUT2D eigenvalue weighted by Crippen LogP contribution is -2.37. The third-order valence-corrected chi connectivity index (χ3v) is 6.11. The fourth-order valence-corrected chi connectivity index (χ4v) is 4.49. The first-order chi connectivity index (χ1) is 14.5. The number of fused-ring (bicyclic) bond motifs is 1. The summed E-state index contributed by atoms with van der Waals surface area (Å²) in [6, 6.07) is 10.4. The Morgan fingerprint density at radius 2 is 1.73 bits per heavy atom. The van der Waals surface area contributed by atoms with E-state index in [-0.39, 0.29) is 61.4 Å². The molecular formula is C23H26N2O5. The molecule has 0 spiro atoms. The fraction of sp³-hybridized carbons (Fsp3) is 0.435. The summed E-state index contributed by atoms with van der Waals surface area (Å²) in [7, 11) is 0. The molecule has 1 aromatic heterocycles. The molecule has 7 nitrogen and oxygen atoms in total. The number of hydrogen-bond acceptors (Lipinski definition) is 5. The average Bonchev–Trinajstić information content (AvgIpc) is 3.35. The van der Waals surface area contributed by atoms with Crippen LogP contribution in [-0.4, -0.2) is 39.2 Å². The monoisotopic (exact) mass is 410 g/mol. The third-order valence-electron chi connectivity index (χ3n) is 6.11. The minimum atomic E-state index is -0.207. The molecule has 2 heterocycles. The van der Waals surface area contributed by atoms with Gasteiger partial charge in [-0.1, -0.05) is 31.0 Å². The number of rotatable bonds is 7. The number of furan rings is 1. The van der Waals surface area contributed by atoms with Gasteiger partial charge in [0.25, 0.3) is 0 Å². The number of carbonyl (C=O) groups excluding carboxylic acids is 3. The van der Waals surface area contributed by atoms with Crippen molar-refractivity contribution in [2.75, 3.05) is 6.54 Å². The molecule has 2 atom stereocenters. The number of phenols is 1. The summed E-state index contributed by atoms with van der Waals surface area (Å²) >= 11 is 0. The second kappa shape index (κ2) is 8.73. The predicted molar refractivity (Wildman–Crippen MR) is 108 cm³/mol. The third kappa shape index (κ3) is 4.10.